The number of halogens is 4. The number of aromatic nitrogens is 4. The van der Waals surface area contributed by atoms with E-state index in [-0.39, 0.29) is 23.1 Å². The molecule has 0 amide bonds. The van der Waals surface area contributed by atoms with Gasteiger partial charge >= 0.3 is 6.18 Å². The Morgan fingerprint density at radius 1 is 1.10 bits per heavy atom. The molecule has 1 fully saturated rings. The Hall–Kier alpha value is -3.58. The fourth-order valence-corrected chi connectivity index (χ4v) is 6.33. The van der Waals surface area contributed by atoms with E-state index in [2.05, 4.69) is 20.3 Å². The molecule has 1 N–H and O–H groups in total. The summed E-state index contributed by atoms with van der Waals surface area (Å²) < 4.78 is 55.4. The van der Waals surface area contributed by atoms with Crippen molar-refractivity contribution in [3.8, 4) is 10.6 Å². The molecule has 212 valence electrons. The van der Waals surface area contributed by atoms with Crippen LogP contribution in [0, 0.1) is 12.7 Å². The molecular formula is C27H29F4N7OS. The van der Waals surface area contributed by atoms with Crippen LogP contribution in [0.5, 0.6) is 0 Å². The van der Waals surface area contributed by atoms with Crippen molar-refractivity contribution in [1.29, 1.82) is 0 Å². The smallest absolute Gasteiger partial charge is 0.368 e. The summed E-state index contributed by atoms with van der Waals surface area (Å²) in [7, 11) is 1.71. The fourth-order valence-electron chi connectivity index (χ4n) is 4.88. The summed E-state index contributed by atoms with van der Waals surface area (Å²) in [6, 6.07) is 3.53. The van der Waals surface area contributed by atoms with Gasteiger partial charge in [0.05, 0.1) is 34.9 Å². The number of aryl methyl sites for hydroxylation is 2. The van der Waals surface area contributed by atoms with Crippen molar-refractivity contribution in [3.05, 3.63) is 58.0 Å². The first-order valence-corrected chi connectivity index (χ1v) is 13.7. The van der Waals surface area contributed by atoms with E-state index in [1.165, 1.54) is 16.2 Å². The molecule has 0 atom stereocenters. The van der Waals surface area contributed by atoms with Gasteiger partial charge in [-0.2, -0.15) is 13.2 Å². The van der Waals surface area contributed by atoms with Gasteiger partial charge in [-0.15, -0.1) is 11.3 Å². The Kier molecular flexibility index (Phi) is 7.53. The Bertz CT molecular complexity index is 1590. The van der Waals surface area contributed by atoms with Gasteiger partial charge in [0.2, 0.25) is 5.95 Å². The maximum absolute atomic E-state index is 15.0. The fraction of sp³-hybridized carbons (Fsp3) is 0.407. The molecule has 1 aliphatic heterocycles. The zero-order chi connectivity index (χ0) is 28.8. The standard InChI is InChI=1S/C27H29F4N7OS/c1-15(2)18-13-36(4)25(39)21-16(3)23(40-24(18)21)22-19(28)12-33-26(35-22)34-20-6-5-17(11-32-20)38-9-7-37(8-10-38)14-27(29,30)31/h5-6,11-13,15H,7-10,14H2,1-4H3,(H,32,33,34,35). The van der Waals surface area contributed by atoms with E-state index in [1.54, 1.807) is 30.8 Å². The minimum Gasteiger partial charge on any atom is -0.368 e. The SMILES string of the molecule is Cc1c(-c2nc(Nc3ccc(N4CCN(CC(F)(F)F)CC4)cn3)ncc2F)sc2c(C(C)C)cn(C)c(=O)c12. The molecule has 0 radical (unpaired) electrons. The Labute approximate surface area is 232 Å². The van der Waals surface area contributed by atoms with Gasteiger partial charge < -0.3 is 14.8 Å². The molecule has 4 aromatic heterocycles. The van der Waals surface area contributed by atoms with Gasteiger partial charge in [0, 0.05) is 44.1 Å². The maximum Gasteiger partial charge on any atom is 0.401 e. The third kappa shape index (κ3) is 5.66. The lowest BCUT2D eigenvalue weighted by molar-refractivity contribution is -0.146. The number of rotatable bonds is 6. The van der Waals surface area contributed by atoms with Crippen LogP contribution >= 0.6 is 11.3 Å². The lowest BCUT2D eigenvalue weighted by Gasteiger charge is -2.36. The molecule has 0 saturated carbocycles. The van der Waals surface area contributed by atoms with Crippen molar-refractivity contribution in [3.63, 3.8) is 0 Å². The molecule has 0 spiro atoms. The van der Waals surface area contributed by atoms with E-state index in [9.17, 15) is 18.0 Å². The van der Waals surface area contributed by atoms with Crippen molar-refractivity contribution >= 4 is 38.9 Å². The van der Waals surface area contributed by atoms with E-state index in [1.807, 2.05) is 31.0 Å². The van der Waals surface area contributed by atoms with Crippen LogP contribution in [0.3, 0.4) is 0 Å². The van der Waals surface area contributed by atoms with Crippen LogP contribution in [0.2, 0.25) is 0 Å². The Morgan fingerprint density at radius 3 is 2.45 bits per heavy atom. The second-order valence-electron chi connectivity index (χ2n) is 10.2. The highest BCUT2D eigenvalue weighted by atomic mass is 32.1. The number of anilines is 3. The quantitative estimate of drug-likeness (QED) is 0.306. The van der Waals surface area contributed by atoms with Gasteiger partial charge in [0.25, 0.3) is 5.56 Å². The molecule has 0 aromatic carbocycles. The highest BCUT2D eigenvalue weighted by Crippen LogP contribution is 2.40. The second-order valence-corrected chi connectivity index (χ2v) is 11.2. The largest absolute Gasteiger partial charge is 0.401 e. The summed E-state index contributed by atoms with van der Waals surface area (Å²) >= 11 is 1.35. The zero-order valence-corrected chi connectivity index (χ0v) is 23.3. The van der Waals surface area contributed by atoms with Crippen molar-refractivity contribution in [2.24, 2.45) is 7.05 Å². The summed E-state index contributed by atoms with van der Waals surface area (Å²) in [6.45, 7) is 6.55. The molecule has 5 heterocycles. The molecule has 1 aliphatic rings. The molecule has 13 heteroatoms. The third-order valence-corrected chi connectivity index (χ3v) is 8.33. The van der Waals surface area contributed by atoms with Crippen LogP contribution in [-0.2, 0) is 7.05 Å². The number of pyridine rings is 2. The number of fused-ring (bicyclic) bond motifs is 1. The number of hydrogen-bond acceptors (Lipinski definition) is 8. The van der Waals surface area contributed by atoms with E-state index < -0.39 is 18.5 Å². The molecular weight excluding hydrogens is 546 g/mol. The van der Waals surface area contributed by atoms with Gasteiger partial charge in [-0.25, -0.2) is 19.3 Å². The maximum atomic E-state index is 15.0. The topological polar surface area (TPSA) is 79.2 Å². The van der Waals surface area contributed by atoms with Crippen molar-refractivity contribution in [2.45, 2.75) is 32.9 Å². The van der Waals surface area contributed by atoms with Gasteiger partial charge in [0.15, 0.2) is 5.82 Å². The monoisotopic (exact) mass is 575 g/mol. The van der Waals surface area contributed by atoms with Gasteiger partial charge in [0.1, 0.15) is 11.5 Å². The van der Waals surface area contributed by atoms with Crippen molar-refractivity contribution in [1.82, 2.24) is 24.4 Å². The predicted molar refractivity (Wildman–Crippen MR) is 149 cm³/mol. The molecule has 1 saturated heterocycles. The van der Waals surface area contributed by atoms with Crippen molar-refractivity contribution in [2.75, 3.05) is 42.9 Å². The first-order valence-electron chi connectivity index (χ1n) is 12.8. The summed E-state index contributed by atoms with van der Waals surface area (Å²) in [6.07, 6.45) is 0.343. The normalized spacial score (nSPS) is 14.9. The van der Waals surface area contributed by atoms with E-state index >= 15 is 4.39 Å². The highest BCUT2D eigenvalue weighted by molar-refractivity contribution is 7.22. The number of thiophene rings is 1. The second kappa shape index (κ2) is 10.8. The van der Waals surface area contributed by atoms with Crippen LogP contribution in [0.1, 0.15) is 30.9 Å². The van der Waals surface area contributed by atoms with Crippen LogP contribution < -0.4 is 15.8 Å². The van der Waals surface area contributed by atoms with Gasteiger partial charge in [-0.05, 0) is 36.1 Å². The summed E-state index contributed by atoms with van der Waals surface area (Å²) in [5.74, 6) is 0.147. The number of alkyl halides is 3. The van der Waals surface area contributed by atoms with Crippen LogP contribution in [0.15, 0.2) is 35.5 Å². The van der Waals surface area contributed by atoms with Crippen LogP contribution in [0.4, 0.5) is 35.0 Å². The number of nitrogens with one attached hydrogen (secondary N) is 1. The van der Waals surface area contributed by atoms with E-state index in [4.69, 9.17) is 0 Å². The number of nitrogens with zero attached hydrogens (tertiary/aromatic N) is 6. The van der Waals surface area contributed by atoms with E-state index in [0.29, 0.717) is 47.8 Å². The predicted octanol–water partition coefficient (Wildman–Crippen LogP) is 5.45. The molecule has 40 heavy (non-hydrogen) atoms. The Morgan fingerprint density at radius 2 is 1.82 bits per heavy atom. The molecule has 0 bridgehead atoms. The van der Waals surface area contributed by atoms with Gasteiger partial charge in [-0.1, -0.05) is 13.8 Å². The summed E-state index contributed by atoms with van der Waals surface area (Å²) in [4.78, 5) is 29.8. The average molecular weight is 576 g/mol. The Balaban J connectivity index is 1.36. The molecule has 5 rings (SSSR count). The molecule has 0 unspecified atom stereocenters. The van der Waals surface area contributed by atoms with Gasteiger partial charge in [-0.3, -0.25) is 9.69 Å². The molecule has 4 aromatic rings. The first kappa shape index (κ1) is 28.0. The number of piperazine rings is 1. The minimum absolute atomic E-state index is 0.0984. The number of hydrogen-bond donors (Lipinski definition) is 1. The first-order chi connectivity index (χ1) is 18.9. The third-order valence-electron chi connectivity index (χ3n) is 6.99. The molecule has 0 aliphatic carbocycles. The average Bonchev–Trinajstić information content (AvgIpc) is 3.24. The molecule has 8 nitrogen and oxygen atoms in total. The van der Waals surface area contributed by atoms with Crippen LogP contribution in [0.25, 0.3) is 20.7 Å². The summed E-state index contributed by atoms with van der Waals surface area (Å²) in [5.41, 5.74) is 2.43. The van der Waals surface area contributed by atoms with Crippen LogP contribution in [-0.4, -0.2) is 63.3 Å². The van der Waals surface area contributed by atoms with Crippen molar-refractivity contribution < 1.29 is 17.6 Å². The lowest BCUT2D eigenvalue weighted by atomic mass is 10.0. The highest BCUT2D eigenvalue weighted by Gasteiger charge is 2.32. The zero-order valence-electron chi connectivity index (χ0n) is 22.5. The van der Waals surface area contributed by atoms with E-state index in [0.717, 1.165) is 22.1 Å². The minimum atomic E-state index is -4.21. The lowest BCUT2D eigenvalue weighted by Crippen LogP contribution is -2.49. The summed E-state index contributed by atoms with van der Waals surface area (Å²) in [5, 5.41) is 3.56.